The van der Waals surface area contributed by atoms with Gasteiger partial charge in [-0.15, -0.1) is 0 Å². The van der Waals surface area contributed by atoms with Gasteiger partial charge < -0.3 is 20.1 Å². The highest BCUT2D eigenvalue weighted by Crippen LogP contribution is 2.22. The highest BCUT2D eigenvalue weighted by Gasteiger charge is 2.14. The molecule has 2 aromatic rings. The molecule has 0 amide bonds. The van der Waals surface area contributed by atoms with Crippen molar-refractivity contribution in [1.82, 2.24) is 14.6 Å². The van der Waals surface area contributed by atoms with Gasteiger partial charge in [-0.3, -0.25) is 0 Å². The van der Waals surface area contributed by atoms with Crippen LogP contribution in [0.15, 0.2) is 35.9 Å². The largest absolute Gasteiger partial charge is 0.473 e. The van der Waals surface area contributed by atoms with E-state index in [1.807, 2.05) is 38.5 Å². The van der Waals surface area contributed by atoms with E-state index >= 15 is 0 Å². The van der Waals surface area contributed by atoms with E-state index in [1.54, 1.807) is 0 Å². The summed E-state index contributed by atoms with van der Waals surface area (Å²) in [5.41, 5.74) is 3.26. The molecule has 0 bridgehead atoms. The number of benzene rings is 1. The van der Waals surface area contributed by atoms with Crippen molar-refractivity contribution in [2.24, 2.45) is 0 Å². The zero-order valence-corrected chi connectivity index (χ0v) is 16.8. The summed E-state index contributed by atoms with van der Waals surface area (Å²) >= 11 is 0. The number of allylic oxidation sites excluding steroid dienone is 1. The minimum atomic E-state index is -3.43. The van der Waals surface area contributed by atoms with Crippen LogP contribution in [-0.4, -0.2) is 68.1 Å². The Bertz CT molecular complexity index is 951. The summed E-state index contributed by atoms with van der Waals surface area (Å²) in [5.74, 6) is -3.65. The van der Waals surface area contributed by atoms with Crippen LogP contribution in [0.1, 0.15) is 11.1 Å². The molecule has 0 aliphatic heterocycles. The number of aliphatic carboxylic acids is 2. The third kappa shape index (κ3) is 6.80. The van der Waals surface area contributed by atoms with Crippen molar-refractivity contribution in [3.8, 4) is 0 Å². The number of carbonyl (C=O) groups is 2. The van der Waals surface area contributed by atoms with E-state index in [-0.39, 0.29) is 4.91 Å². The van der Waals surface area contributed by atoms with Gasteiger partial charge in [0.1, 0.15) is 0 Å². The van der Waals surface area contributed by atoms with E-state index in [2.05, 4.69) is 21.2 Å². The van der Waals surface area contributed by atoms with E-state index in [0.717, 1.165) is 29.4 Å². The Morgan fingerprint density at radius 2 is 1.82 bits per heavy atom. The second-order valence-corrected chi connectivity index (χ2v) is 8.27. The Morgan fingerprint density at radius 3 is 2.32 bits per heavy atom. The molecule has 0 saturated carbocycles. The van der Waals surface area contributed by atoms with Gasteiger partial charge >= 0.3 is 11.9 Å². The van der Waals surface area contributed by atoms with Gasteiger partial charge in [-0.25, -0.2) is 22.7 Å². The molecule has 0 radical (unpaired) electrons. The lowest BCUT2D eigenvalue weighted by atomic mass is 10.1. The number of fused-ring (bicyclic) bond motifs is 1. The lowest BCUT2D eigenvalue weighted by molar-refractivity contribution is -0.159. The molecular weight excluding hydrogens is 386 g/mol. The van der Waals surface area contributed by atoms with Crippen LogP contribution in [0.5, 0.6) is 0 Å². The van der Waals surface area contributed by atoms with Gasteiger partial charge in [0.2, 0.25) is 10.0 Å². The smallest absolute Gasteiger partial charge is 0.414 e. The fourth-order valence-corrected chi connectivity index (χ4v) is 3.00. The van der Waals surface area contributed by atoms with Gasteiger partial charge in [-0.1, -0.05) is 12.6 Å². The molecule has 0 unspecified atom stereocenters. The van der Waals surface area contributed by atoms with Crippen LogP contribution in [0.2, 0.25) is 0 Å². The molecule has 4 N–H and O–H groups in total. The standard InChI is InChI=1S/C16H23N3O2S.C2H2O4/c1-12(22(20,21)17-2)9-13-5-6-16-15(10-13)14(11-18-16)7-8-19(3)4;3-1(4)2(5)6/h5-6,10-11,17-18H,1,7-9H2,2-4H3;(H,3,4)(H,5,6). The zero-order chi connectivity index (χ0) is 21.5. The van der Waals surface area contributed by atoms with Gasteiger partial charge in [-0.05, 0) is 50.8 Å². The first-order valence-corrected chi connectivity index (χ1v) is 9.77. The third-order valence-corrected chi connectivity index (χ3v) is 5.34. The second-order valence-electron chi connectivity index (χ2n) is 6.28. The van der Waals surface area contributed by atoms with Crippen molar-refractivity contribution in [2.45, 2.75) is 12.8 Å². The Balaban J connectivity index is 0.000000568. The van der Waals surface area contributed by atoms with E-state index in [9.17, 15) is 8.42 Å². The topological polar surface area (TPSA) is 140 Å². The summed E-state index contributed by atoms with van der Waals surface area (Å²) in [6.07, 6.45) is 3.29. The Kier molecular flexibility index (Phi) is 8.35. The number of aromatic nitrogens is 1. The molecule has 0 atom stereocenters. The molecule has 154 valence electrons. The summed E-state index contributed by atoms with van der Waals surface area (Å²) in [7, 11) is 2.07. The van der Waals surface area contributed by atoms with Crippen LogP contribution in [-0.2, 0) is 32.5 Å². The molecule has 0 aliphatic carbocycles. The quantitative estimate of drug-likeness (QED) is 0.499. The van der Waals surface area contributed by atoms with Crippen LogP contribution < -0.4 is 4.72 Å². The van der Waals surface area contributed by atoms with Crippen molar-refractivity contribution < 1.29 is 28.2 Å². The minimum absolute atomic E-state index is 0.180. The predicted molar refractivity (Wildman–Crippen MR) is 107 cm³/mol. The maximum atomic E-state index is 11.7. The Morgan fingerprint density at radius 1 is 1.21 bits per heavy atom. The van der Waals surface area contributed by atoms with Crippen molar-refractivity contribution in [3.63, 3.8) is 0 Å². The molecule has 1 heterocycles. The average Bonchev–Trinajstić information content (AvgIpc) is 3.02. The van der Waals surface area contributed by atoms with Gasteiger partial charge in [0.25, 0.3) is 0 Å². The number of likely N-dealkylation sites (N-methyl/N-ethyl adjacent to an activating group) is 1. The number of H-pyrrole nitrogens is 1. The molecular formula is C18H25N3O6S. The summed E-state index contributed by atoms with van der Waals surface area (Å²) in [4.78, 5) is 23.8. The Hall–Kier alpha value is -2.69. The first-order chi connectivity index (χ1) is 13.0. The van der Waals surface area contributed by atoms with Crippen LogP contribution >= 0.6 is 0 Å². The van der Waals surface area contributed by atoms with E-state index < -0.39 is 22.0 Å². The lowest BCUT2D eigenvalue weighted by Gasteiger charge is -2.09. The second kappa shape index (κ2) is 10.0. The van der Waals surface area contributed by atoms with Crippen LogP contribution in [0.3, 0.4) is 0 Å². The molecule has 28 heavy (non-hydrogen) atoms. The maximum absolute atomic E-state index is 11.7. The number of hydrogen-bond acceptors (Lipinski definition) is 5. The zero-order valence-electron chi connectivity index (χ0n) is 16.0. The highest BCUT2D eigenvalue weighted by molar-refractivity contribution is 7.93. The normalized spacial score (nSPS) is 11.1. The first-order valence-electron chi connectivity index (χ1n) is 8.29. The number of aromatic amines is 1. The fourth-order valence-electron chi connectivity index (χ4n) is 2.35. The van der Waals surface area contributed by atoms with Crippen LogP contribution in [0, 0.1) is 0 Å². The first kappa shape index (κ1) is 23.3. The third-order valence-electron chi connectivity index (χ3n) is 3.89. The van der Waals surface area contributed by atoms with Crippen molar-refractivity contribution in [3.05, 3.63) is 47.0 Å². The summed E-state index contributed by atoms with van der Waals surface area (Å²) in [6.45, 7) is 4.65. The molecule has 1 aromatic heterocycles. The lowest BCUT2D eigenvalue weighted by Crippen LogP contribution is -2.20. The van der Waals surface area contributed by atoms with Crippen LogP contribution in [0.25, 0.3) is 10.9 Å². The molecule has 1 aromatic carbocycles. The number of hydrogen-bond donors (Lipinski definition) is 4. The number of sulfonamides is 1. The molecule has 0 fully saturated rings. The maximum Gasteiger partial charge on any atom is 0.414 e. The fraction of sp³-hybridized carbons (Fsp3) is 0.333. The molecule has 10 heteroatoms. The number of rotatable bonds is 7. The molecule has 0 saturated heterocycles. The van der Waals surface area contributed by atoms with Crippen LogP contribution in [0.4, 0.5) is 0 Å². The molecule has 0 spiro atoms. The van der Waals surface area contributed by atoms with E-state index in [0.29, 0.717) is 6.42 Å². The average molecular weight is 411 g/mol. The monoisotopic (exact) mass is 411 g/mol. The number of carboxylic acid groups (broad SMARTS) is 2. The van der Waals surface area contributed by atoms with Gasteiger partial charge in [0.15, 0.2) is 0 Å². The predicted octanol–water partition coefficient (Wildman–Crippen LogP) is 1.03. The van der Waals surface area contributed by atoms with Crippen molar-refractivity contribution in [1.29, 1.82) is 0 Å². The summed E-state index contributed by atoms with van der Waals surface area (Å²) in [6, 6.07) is 5.97. The molecule has 0 aliphatic rings. The summed E-state index contributed by atoms with van der Waals surface area (Å²) < 4.78 is 25.8. The summed E-state index contributed by atoms with van der Waals surface area (Å²) in [5, 5.41) is 15.9. The number of nitrogens with zero attached hydrogens (tertiary/aromatic N) is 1. The SMILES string of the molecule is C=C(Cc1ccc2[nH]cc(CCN(C)C)c2c1)S(=O)(=O)NC.O=C(O)C(=O)O. The highest BCUT2D eigenvalue weighted by atomic mass is 32.2. The van der Waals surface area contributed by atoms with Gasteiger partial charge in [-0.2, -0.15) is 0 Å². The Labute approximate surface area is 163 Å². The van der Waals surface area contributed by atoms with E-state index in [4.69, 9.17) is 19.8 Å². The van der Waals surface area contributed by atoms with Crippen molar-refractivity contribution >= 4 is 32.9 Å². The number of nitrogens with one attached hydrogen (secondary N) is 2. The minimum Gasteiger partial charge on any atom is -0.473 e. The van der Waals surface area contributed by atoms with Crippen molar-refractivity contribution in [2.75, 3.05) is 27.7 Å². The molecule has 2 rings (SSSR count). The van der Waals surface area contributed by atoms with Gasteiger partial charge in [0.05, 0.1) is 4.91 Å². The van der Waals surface area contributed by atoms with E-state index in [1.165, 1.54) is 12.6 Å². The van der Waals surface area contributed by atoms with Gasteiger partial charge in [0, 0.05) is 30.1 Å². The molecule has 9 nitrogen and oxygen atoms in total. The number of carboxylic acids is 2.